The average Bonchev–Trinajstić information content (AvgIpc) is 2.95. The summed E-state index contributed by atoms with van der Waals surface area (Å²) in [6.45, 7) is 7.44. The van der Waals surface area contributed by atoms with Crippen molar-refractivity contribution in [3.05, 3.63) is 58.2 Å². The molecular weight excluding hydrogens is 376 g/mol. The first-order valence-corrected chi connectivity index (χ1v) is 10.2. The third-order valence-electron chi connectivity index (χ3n) is 5.58. The lowest BCUT2D eigenvalue weighted by Gasteiger charge is -2.16. The Morgan fingerprint density at radius 3 is 2.40 bits per heavy atom. The van der Waals surface area contributed by atoms with E-state index in [1.165, 1.54) is 0 Å². The zero-order valence-corrected chi connectivity index (χ0v) is 17.9. The van der Waals surface area contributed by atoms with Crippen molar-refractivity contribution in [1.82, 2.24) is 9.97 Å². The molecule has 154 valence electrons. The van der Waals surface area contributed by atoms with Crippen molar-refractivity contribution < 1.29 is 14.4 Å². The zero-order valence-electron chi connectivity index (χ0n) is 17.9. The van der Waals surface area contributed by atoms with Gasteiger partial charge in [0.1, 0.15) is 17.5 Å². The predicted molar refractivity (Wildman–Crippen MR) is 114 cm³/mol. The highest BCUT2D eigenvalue weighted by atomic mass is 16.2. The molecule has 0 spiro atoms. The van der Waals surface area contributed by atoms with Crippen molar-refractivity contribution in [2.75, 3.05) is 0 Å². The van der Waals surface area contributed by atoms with Crippen LogP contribution in [0, 0.1) is 38.5 Å². The Morgan fingerprint density at radius 1 is 1.10 bits per heavy atom. The second-order valence-corrected chi connectivity index (χ2v) is 7.99. The maximum Gasteiger partial charge on any atom is 0.151 e. The van der Waals surface area contributed by atoms with Crippen LogP contribution in [0.2, 0.25) is 0 Å². The standard InChI is InChI=1S/C25H26N2O3/c1-5-6-18-9-15(2)23(16(3)10-18)24-22(29)12-19(25(24)30)11-21(28)8-7-20-14-26-17(4)13-27-20/h9-10,13-14,19,24H,7-8,11-12H2,1-4H3. The molecule has 1 aliphatic rings. The molecule has 3 rings (SSSR count). The first-order chi connectivity index (χ1) is 14.3. The minimum absolute atomic E-state index is 0.0220. The van der Waals surface area contributed by atoms with Crippen LogP contribution in [0.3, 0.4) is 0 Å². The number of benzene rings is 1. The topological polar surface area (TPSA) is 77.0 Å². The summed E-state index contributed by atoms with van der Waals surface area (Å²) in [6, 6.07) is 3.83. The van der Waals surface area contributed by atoms with E-state index >= 15 is 0 Å². The average molecular weight is 402 g/mol. The largest absolute Gasteiger partial charge is 0.300 e. The number of rotatable bonds is 6. The number of aryl methyl sites for hydroxylation is 4. The summed E-state index contributed by atoms with van der Waals surface area (Å²) in [4.78, 5) is 46.7. The number of hydrogen-bond donors (Lipinski definition) is 0. The van der Waals surface area contributed by atoms with Gasteiger partial charge < -0.3 is 0 Å². The summed E-state index contributed by atoms with van der Waals surface area (Å²) in [5, 5.41) is 0. The van der Waals surface area contributed by atoms with Crippen LogP contribution in [0.25, 0.3) is 0 Å². The van der Waals surface area contributed by atoms with E-state index in [4.69, 9.17) is 0 Å². The normalized spacial score (nSPS) is 18.3. The van der Waals surface area contributed by atoms with E-state index in [-0.39, 0.29) is 30.2 Å². The van der Waals surface area contributed by atoms with Crippen LogP contribution in [0.4, 0.5) is 0 Å². The number of aromatic nitrogens is 2. The molecular formula is C25H26N2O3. The van der Waals surface area contributed by atoms with E-state index in [1.54, 1.807) is 19.3 Å². The summed E-state index contributed by atoms with van der Waals surface area (Å²) in [6.07, 6.45) is 4.37. The minimum Gasteiger partial charge on any atom is -0.300 e. The third-order valence-corrected chi connectivity index (χ3v) is 5.58. The summed E-state index contributed by atoms with van der Waals surface area (Å²) in [5.74, 6) is 4.34. The molecule has 0 radical (unpaired) electrons. The summed E-state index contributed by atoms with van der Waals surface area (Å²) >= 11 is 0. The minimum atomic E-state index is -0.769. The van der Waals surface area contributed by atoms with Gasteiger partial charge in [-0.15, -0.1) is 5.92 Å². The monoisotopic (exact) mass is 402 g/mol. The second kappa shape index (κ2) is 9.13. The van der Waals surface area contributed by atoms with Gasteiger partial charge in [-0.2, -0.15) is 0 Å². The van der Waals surface area contributed by atoms with Gasteiger partial charge in [-0.3, -0.25) is 24.4 Å². The molecule has 1 saturated carbocycles. The maximum atomic E-state index is 13.1. The van der Waals surface area contributed by atoms with Crippen LogP contribution in [-0.2, 0) is 20.8 Å². The fraction of sp³-hybridized carbons (Fsp3) is 0.400. The van der Waals surface area contributed by atoms with Crippen LogP contribution in [-0.4, -0.2) is 27.3 Å². The molecule has 0 bridgehead atoms. The molecule has 5 nitrogen and oxygen atoms in total. The molecule has 30 heavy (non-hydrogen) atoms. The fourth-order valence-electron chi connectivity index (χ4n) is 4.17. The Bertz CT molecular complexity index is 1040. The molecule has 1 aromatic carbocycles. The Labute approximate surface area is 177 Å². The summed E-state index contributed by atoms with van der Waals surface area (Å²) in [5.41, 5.74) is 5.01. The van der Waals surface area contributed by atoms with Gasteiger partial charge in [-0.05, 0) is 62.9 Å². The lowest BCUT2D eigenvalue weighted by atomic mass is 9.86. The van der Waals surface area contributed by atoms with E-state index in [0.29, 0.717) is 12.8 Å². The maximum absolute atomic E-state index is 13.1. The van der Waals surface area contributed by atoms with E-state index in [2.05, 4.69) is 21.8 Å². The first-order valence-electron chi connectivity index (χ1n) is 10.2. The van der Waals surface area contributed by atoms with Gasteiger partial charge in [-0.25, -0.2) is 0 Å². The van der Waals surface area contributed by atoms with Crippen molar-refractivity contribution in [3.8, 4) is 11.8 Å². The molecule has 2 aromatic rings. The molecule has 1 aromatic heterocycles. The van der Waals surface area contributed by atoms with E-state index in [0.717, 1.165) is 33.6 Å². The Morgan fingerprint density at radius 2 is 1.80 bits per heavy atom. The molecule has 1 fully saturated rings. The highest BCUT2D eigenvalue weighted by molar-refractivity contribution is 6.15. The Kier molecular flexibility index (Phi) is 6.56. The van der Waals surface area contributed by atoms with Gasteiger partial charge in [0.05, 0.1) is 11.4 Å². The molecule has 2 unspecified atom stereocenters. The quantitative estimate of drug-likeness (QED) is 0.545. The van der Waals surface area contributed by atoms with Crippen LogP contribution < -0.4 is 0 Å². The summed E-state index contributed by atoms with van der Waals surface area (Å²) < 4.78 is 0. The lowest BCUT2D eigenvalue weighted by Crippen LogP contribution is -2.19. The van der Waals surface area contributed by atoms with Crippen molar-refractivity contribution in [1.29, 1.82) is 0 Å². The Balaban J connectivity index is 1.69. The predicted octanol–water partition coefficient (Wildman–Crippen LogP) is 3.61. The molecule has 0 saturated heterocycles. The number of nitrogens with zero attached hydrogens (tertiary/aromatic N) is 2. The molecule has 0 amide bonds. The number of Topliss-reactive ketones (excluding diaryl/α,β-unsaturated/α-hetero) is 3. The zero-order chi connectivity index (χ0) is 21.8. The van der Waals surface area contributed by atoms with Crippen LogP contribution >= 0.6 is 0 Å². The van der Waals surface area contributed by atoms with Gasteiger partial charge in [0.25, 0.3) is 0 Å². The molecule has 5 heteroatoms. The first kappa shape index (κ1) is 21.6. The number of ketones is 3. The van der Waals surface area contributed by atoms with Crippen LogP contribution in [0.1, 0.15) is 65.7 Å². The van der Waals surface area contributed by atoms with Gasteiger partial charge in [0, 0.05) is 43.1 Å². The smallest absolute Gasteiger partial charge is 0.151 e. The Hall–Kier alpha value is -3.13. The molecule has 0 N–H and O–H groups in total. The van der Waals surface area contributed by atoms with E-state index in [9.17, 15) is 14.4 Å². The third kappa shape index (κ3) is 4.71. The lowest BCUT2D eigenvalue weighted by molar-refractivity contribution is -0.127. The van der Waals surface area contributed by atoms with Gasteiger partial charge >= 0.3 is 0 Å². The van der Waals surface area contributed by atoms with Crippen LogP contribution in [0.5, 0.6) is 0 Å². The van der Waals surface area contributed by atoms with Crippen molar-refractivity contribution >= 4 is 17.3 Å². The van der Waals surface area contributed by atoms with E-state index < -0.39 is 11.8 Å². The van der Waals surface area contributed by atoms with Crippen molar-refractivity contribution in [2.24, 2.45) is 5.92 Å². The molecule has 0 aliphatic heterocycles. The number of carbonyl (C=O) groups excluding carboxylic acids is 3. The highest BCUT2D eigenvalue weighted by Gasteiger charge is 2.43. The fourth-order valence-corrected chi connectivity index (χ4v) is 4.17. The second-order valence-electron chi connectivity index (χ2n) is 7.99. The van der Waals surface area contributed by atoms with Gasteiger partial charge in [0.2, 0.25) is 0 Å². The summed E-state index contributed by atoms with van der Waals surface area (Å²) in [7, 11) is 0. The van der Waals surface area contributed by atoms with Gasteiger partial charge in [0.15, 0.2) is 5.78 Å². The number of carbonyl (C=O) groups is 3. The van der Waals surface area contributed by atoms with Gasteiger partial charge in [-0.1, -0.05) is 5.92 Å². The number of hydrogen-bond acceptors (Lipinski definition) is 5. The van der Waals surface area contributed by atoms with Crippen molar-refractivity contribution in [3.63, 3.8) is 0 Å². The molecule has 1 heterocycles. The van der Waals surface area contributed by atoms with E-state index in [1.807, 2.05) is 32.9 Å². The SMILES string of the molecule is CC#Cc1cc(C)c(C2C(=O)CC(CC(=O)CCc3cnc(C)cn3)C2=O)c(C)c1. The molecule has 1 aliphatic carbocycles. The van der Waals surface area contributed by atoms with Crippen LogP contribution in [0.15, 0.2) is 24.5 Å². The molecule has 2 atom stereocenters. The highest BCUT2D eigenvalue weighted by Crippen LogP contribution is 2.37. The van der Waals surface area contributed by atoms with Crippen molar-refractivity contribution in [2.45, 2.75) is 59.3 Å².